The molecule has 1 aliphatic heterocycles. The monoisotopic (exact) mass is 301 g/mol. The first-order chi connectivity index (χ1) is 9.15. The number of rotatable bonds is 2. The molecule has 1 fully saturated rings. The van der Waals surface area contributed by atoms with Crippen LogP contribution in [0.1, 0.15) is 28.8 Å². The Morgan fingerprint density at radius 3 is 3.05 bits per heavy atom. The molecule has 0 aromatic carbocycles. The third kappa shape index (κ3) is 2.04. The summed E-state index contributed by atoms with van der Waals surface area (Å²) in [5, 5.41) is 9.38. The van der Waals surface area contributed by atoms with E-state index in [2.05, 4.69) is 0 Å². The number of carbonyl (C=O) groups is 1. The number of hydrogen-bond acceptors (Lipinski definition) is 4. The molecule has 4 nitrogen and oxygen atoms in total. The lowest BCUT2D eigenvalue weighted by molar-refractivity contribution is 0.114. The highest BCUT2D eigenvalue weighted by molar-refractivity contribution is 7.16. The summed E-state index contributed by atoms with van der Waals surface area (Å²) in [6, 6.07) is 0. The minimum atomic E-state index is -0.219. The zero-order valence-corrected chi connectivity index (χ0v) is 12.3. The van der Waals surface area contributed by atoms with E-state index in [1.165, 1.54) is 10.4 Å². The highest BCUT2D eigenvalue weighted by Gasteiger charge is 2.44. The van der Waals surface area contributed by atoms with Crippen molar-refractivity contribution in [2.45, 2.75) is 25.9 Å². The van der Waals surface area contributed by atoms with Crippen LogP contribution in [-0.2, 0) is 17.8 Å². The average molecular weight is 302 g/mol. The van der Waals surface area contributed by atoms with Gasteiger partial charge >= 0.3 is 6.09 Å². The van der Waals surface area contributed by atoms with Crippen molar-refractivity contribution in [2.24, 2.45) is 5.92 Å². The highest BCUT2D eigenvalue weighted by Crippen LogP contribution is 2.50. The third-order valence-corrected chi connectivity index (χ3v) is 5.68. The number of likely N-dealkylation sites (tertiary alicyclic amines) is 1. The number of ether oxygens (including phenoxy) is 1. The second kappa shape index (κ2) is 4.96. The molecule has 1 N–H and O–H groups in total. The van der Waals surface area contributed by atoms with Gasteiger partial charge in [0.05, 0.1) is 17.6 Å². The molecule has 0 saturated carbocycles. The number of nitrogens with zero attached hydrogens (tertiary/aromatic N) is 1. The average Bonchev–Trinajstić information content (AvgIpc) is 2.98. The maximum atomic E-state index is 11.8. The van der Waals surface area contributed by atoms with Gasteiger partial charge in [-0.3, -0.25) is 0 Å². The van der Waals surface area contributed by atoms with Gasteiger partial charge in [-0.2, -0.15) is 0 Å². The van der Waals surface area contributed by atoms with E-state index in [-0.39, 0.29) is 12.7 Å². The Hall–Kier alpha value is -0.780. The van der Waals surface area contributed by atoms with Gasteiger partial charge in [0, 0.05) is 29.4 Å². The molecule has 3 rings (SSSR count). The van der Waals surface area contributed by atoms with Crippen molar-refractivity contribution in [2.75, 3.05) is 19.7 Å². The smallest absolute Gasteiger partial charge is 0.409 e. The number of aliphatic hydroxyl groups excluding tert-OH is 1. The summed E-state index contributed by atoms with van der Waals surface area (Å²) in [7, 11) is 0. The van der Waals surface area contributed by atoms with Gasteiger partial charge in [-0.05, 0) is 24.8 Å². The van der Waals surface area contributed by atoms with Crippen molar-refractivity contribution in [1.29, 1.82) is 0 Å². The number of halogens is 1. The van der Waals surface area contributed by atoms with Crippen LogP contribution in [0.3, 0.4) is 0 Å². The van der Waals surface area contributed by atoms with Crippen LogP contribution in [0, 0.1) is 5.92 Å². The van der Waals surface area contributed by atoms with Gasteiger partial charge in [0.2, 0.25) is 0 Å². The van der Waals surface area contributed by atoms with Crippen LogP contribution < -0.4 is 0 Å². The predicted octanol–water partition coefficient (Wildman–Crippen LogP) is 2.62. The normalized spacial score (nSPS) is 24.5. The van der Waals surface area contributed by atoms with Crippen LogP contribution in [-0.4, -0.2) is 35.8 Å². The molecule has 2 atom stereocenters. The predicted molar refractivity (Wildman–Crippen MR) is 73.8 cm³/mol. The van der Waals surface area contributed by atoms with Gasteiger partial charge in [0.25, 0.3) is 0 Å². The molecule has 2 heterocycles. The molecule has 19 heavy (non-hydrogen) atoms. The number of thiophene rings is 1. The zero-order chi connectivity index (χ0) is 13.6. The first-order valence-electron chi connectivity index (χ1n) is 6.48. The maximum Gasteiger partial charge on any atom is 0.409 e. The molecule has 1 amide bonds. The van der Waals surface area contributed by atoms with Crippen molar-refractivity contribution >= 4 is 29.0 Å². The van der Waals surface area contributed by atoms with Gasteiger partial charge < -0.3 is 14.7 Å². The molecule has 6 heteroatoms. The quantitative estimate of drug-likeness (QED) is 0.913. The fourth-order valence-electron chi connectivity index (χ4n) is 3.17. The SMILES string of the molecule is CCOC(=O)N1CC2Cc3c(sc(Cl)c3CO)C2C1. The largest absolute Gasteiger partial charge is 0.450 e. The molecule has 1 aromatic heterocycles. The van der Waals surface area contributed by atoms with E-state index in [0.717, 1.165) is 18.5 Å². The number of amides is 1. The molecule has 1 aromatic rings. The van der Waals surface area contributed by atoms with Crippen LogP contribution in [0.2, 0.25) is 4.34 Å². The fraction of sp³-hybridized carbons (Fsp3) is 0.615. The Balaban J connectivity index is 1.80. The van der Waals surface area contributed by atoms with E-state index < -0.39 is 0 Å². The van der Waals surface area contributed by atoms with Crippen LogP contribution in [0.4, 0.5) is 4.79 Å². The van der Waals surface area contributed by atoms with Gasteiger partial charge in [0.15, 0.2) is 0 Å². The number of fused-ring (bicyclic) bond motifs is 3. The second-order valence-electron chi connectivity index (χ2n) is 5.03. The van der Waals surface area contributed by atoms with E-state index in [4.69, 9.17) is 16.3 Å². The standard InChI is InChI=1S/C13H16ClNO3S/c1-2-18-13(17)15-4-7-3-8-10(6-16)12(14)19-11(8)9(7)5-15/h7,9,16H,2-6H2,1H3. The van der Waals surface area contributed by atoms with Crippen LogP contribution in [0.15, 0.2) is 0 Å². The van der Waals surface area contributed by atoms with E-state index in [1.807, 2.05) is 6.92 Å². The fourth-order valence-corrected chi connectivity index (χ4v) is 4.84. The van der Waals surface area contributed by atoms with E-state index in [1.54, 1.807) is 16.2 Å². The summed E-state index contributed by atoms with van der Waals surface area (Å²) in [6.07, 6.45) is 0.693. The Kier molecular flexibility index (Phi) is 3.45. The van der Waals surface area contributed by atoms with E-state index in [9.17, 15) is 9.90 Å². The summed E-state index contributed by atoms with van der Waals surface area (Å²) < 4.78 is 5.75. The summed E-state index contributed by atoms with van der Waals surface area (Å²) in [5.74, 6) is 0.815. The lowest BCUT2D eigenvalue weighted by Gasteiger charge is -2.16. The van der Waals surface area contributed by atoms with Crippen LogP contribution in [0.25, 0.3) is 0 Å². The van der Waals surface area contributed by atoms with Crippen molar-refractivity contribution in [3.8, 4) is 0 Å². The number of aliphatic hydroxyl groups is 1. The molecular weight excluding hydrogens is 286 g/mol. The summed E-state index contributed by atoms with van der Waals surface area (Å²) in [6.45, 7) is 3.69. The minimum absolute atomic E-state index is 0.00565. The Bertz CT molecular complexity index is 516. The van der Waals surface area contributed by atoms with Gasteiger partial charge in [-0.15, -0.1) is 11.3 Å². The molecule has 0 spiro atoms. The van der Waals surface area contributed by atoms with Gasteiger partial charge in [0.1, 0.15) is 0 Å². The Morgan fingerprint density at radius 2 is 2.37 bits per heavy atom. The Labute approximate surface area is 120 Å². The van der Waals surface area contributed by atoms with Crippen molar-refractivity contribution in [3.05, 3.63) is 20.3 Å². The van der Waals surface area contributed by atoms with E-state index in [0.29, 0.717) is 29.3 Å². The molecule has 2 unspecified atom stereocenters. The molecule has 1 saturated heterocycles. The highest BCUT2D eigenvalue weighted by atomic mass is 35.5. The van der Waals surface area contributed by atoms with Crippen LogP contribution in [0.5, 0.6) is 0 Å². The first-order valence-corrected chi connectivity index (χ1v) is 7.67. The van der Waals surface area contributed by atoms with Crippen molar-refractivity contribution in [1.82, 2.24) is 4.90 Å². The molecule has 1 aliphatic carbocycles. The first kappa shape index (κ1) is 13.2. The minimum Gasteiger partial charge on any atom is -0.450 e. The number of carbonyl (C=O) groups excluding carboxylic acids is 1. The lowest BCUT2D eigenvalue weighted by Crippen LogP contribution is -2.30. The van der Waals surface area contributed by atoms with Crippen molar-refractivity contribution < 1.29 is 14.6 Å². The van der Waals surface area contributed by atoms with E-state index >= 15 is 0 Å². The molecule has 2 aliphatic rings. The Morgan fingerprint density at radius 1 is 1.58 bits per heavy atom. The molecule has 0 radical (unpaired) electrons. The molecular formula is C13H16ClNO3S. The maximum absolute atomic E-state index is 11.8. The lowest BCUT2D eigenvalue weighted by atomic mass is 10.0. The third-order valence-electron chi connectivity index (χ3n) is 4.03. The van der Waals surface area contributed by atoms with Crippen molar-refractivity contribution in [3.63, 3.8) is 0 Å². The van der Waals surface area contributed by atoms with Gasteiger partial charge in [-0.1, -0.05) is 11.6 Å². The summed E-state index contributed by atoms with van der Waals surface area (Å²) in [5.41, 5.74) is 2.11. The zero-order valence-electron chi connectivity index (χ0n) is 10.7. The topological polar surface area (TPSA) is 49.8 Å². The molecule has 0 bridgehead atoms. The second-order valence-corrected chi connectivity index (χ2v) is 6.68. The summed E-state index contributed by atoms with van der Waals surface area (Å²) >= 11 is 7.71. The van der Waals surface area contributed by atoms with Gasteiger partial charge in [-0.25, -0.2) is 4.79 Å². The molecule has 104 valence electrons. The number of hydrogen-bond donors (Lipinski definition) is 1. The summed E-state index contributed by atoms with van der Waals surface area (Å²) in [4.78, 5) is 14.8. The van der Waals surface area contributed by atoms with Crippen LogP contribution >= 0.6 is 22.9 Å².